The number of rotatable bonds is 3. The molecule has 0 aliphatic carbocycles. The number of fused-ring (bicyclic) bond motifs is 2. The maximum absolute atomic E-state index is 12.7. The van der Waals surface area contributed by atoms with Gasteiger partial charge >= 0.3 is 0 Å². The summed E-state index contributed by atoms with van der Waals surface area (Å²) in [4.78, 5) is 12.7. The smallest absolute Gasteiger partial charge is 0.272 e. The fourth-order valence-corrected chi connectivity index (χ4v) is 3.43. The van der Waals surface area contributed by atoms with E-state index in [9.17, 15) is 4.79 Å². The first-order chi connectivity index (χ1) is 12.0. The van der Waals surface area contributed by atoms with Gasteiger partial charge in [0, 0.05) is 25.6 Å². The van der Waals surface area contributed by atoms with Gasteiger partial charge in [0.25, 0.3) is 5.91 Å². The van der Waals surface area contributed by atoms with E-state index in [0.29, 0.717) is 29.7 Å². The molecule has 0 unspecified atom stereocenters. The third-order valence-corrected chi connectivity index (χ3v) is 4.49. The molecule has 3 aromatic rings. The first kappa shape index (κ1) is 15.8. The Morgan fingerprint density at radius 3 is 2.96 bits per heavy atom. The van der Waals surface area contributed by atoms with Gasteiger partial charge in [-0.25, -0.2) is 4.63 Å². The average Bonchev–Trinajstić information content (AvgIpc) is 3.16. The maximum atomic E-state index is 12.7. The quantitative estimate of drug-likeness (QED) is 0.782. The summed E-state index contributed by atoms with van der Waals surface area (Å²) in [6.45, 7) is 4.38. The second-order valence-electron chi connectivity index (χ2n) is 6.40. The highest BCUT2D eigenvalue weighted by Gasteiger charge is 2.31. The van der Waals surface area contributed by atoms with Crippen LogP contribution in [0.25, 0.3) is 11.0 Å². The second kappa shape index (κ2) is 5.96. The van der Waals surface area contributed by atoms with Gasteiger partial charge in [-0.15, -0.1) is 0 Å². The van der Waals surface area contributed by atoms with Crippen LogP contribution in [-0.2, 0) is 24.8 Å². The van der Waals surface area contributed by atoms with Crippen molar-refractivity contribution in [1.29, 1.82) is 0 Å². The number of hydrogen-bond acceptors (Lipinski definition) is 6. The summed E-state index contributed by atoms with van der Waals surface area (Å²) in [5.74, 6) is -0.184. The summed E-state index contributed by atoms with van der Waals surface area (Å²) in [5, 5.41) is 14.9. The van der Waals surface area contributed by atoms with Gasteiger partial charge in [-0.2, -0.15) is 5.10 Å². The topological polar surface area (TPSA) is 95.1 Å². The number of carbonyl (C=O) groups is 1. The number of ether oxygens (including phenoxy) is 1. The fraction of sp³-hybridized carbons (Fsp3) is 0.412. The van der Waals surface area contributed by atoms with Gasteiger partial charge in [0.15, 0.2) is 5.69 Å². The highest BCUT2D eigenvalue weighted by atomic mass is 16.6. The van der Waals surface area contributed by atoms with Crippen LogP contribution in [-0.4, -0.2) is 32.1 Å². The van der Waals surface area contributed by atoms with E-state index in [4.69, 9.17) is 4.74 Å². The molecule has 130 valence electrons. The molecule has 0 saturated heterocycles. The molecule has 1 aliphatic heterocycles. The number of nitrogens with one attached hydrogen (secondary N) is 1. The Balaban J connectivity index is 1.54. The lowest BCUT2D eigenvalue weighted by atomic mass is 9.99. The van der Waals surface area contributed by atoms with Gasteiger partial charge in [-0.3, -0.25) is 9.48 Å². The van der Waals surface area contributed by atoms with Crippen molar-refractivity contribution in [2.75, 3.05) is 0 Å². The SMILES string of the molecule is C[C@@H]1Cc2c(C(=O)NCc3ccc4nonc4c3)nn(C)c2[C@H](C)O1. The monoisotopic (exact) mass is 341 g/mol. The minimum Gasteiger partial charge on any atom is -0.369 e. The van der Waals surface area contributed by atoms with Crippen molar-refractivity contribution in [3.8, 4) is 0 Å². The predicted octanol–water partition coefficient (Wildman–Crippen LogP) is 1.91. The van der Waals surface area contributed by atoms with Gasteiger partial charge < -0.3 is 10.1 Å². The molecule has 0 fully saturated rings. The van der Waals surface area contributed by atoms with Crippen molar-refractivity contribution in [1.82, 2.24) is 25.4 Å². The Labute approximate surface area is 144 Å². The van der Waals surface area contributed by atoms with Gasteiger partial charge in [0.05, 0.1) is 17.9 Å². The Morgan fingerprint density at radius 2 is 2.12 bits per heavy atom. The summed E-state index contributed by atoms with van der Waals surface area (Å²) in [6.07, 6.45) is 0.688. The zero-order valence-electron chi connectivity index (χ0n) is 14.3. The molecule has 25 heavy (non-hydrogen) atoms. The van der Waals surface area contributed by atoms with E-state index >= 15 is 0 Å². The standard InChI is InChI=1S/C17H19N5O3/c1-9-6-12-15(19-22(3)16(12)10(2)24-9)17(23)18-8-11-4-5-13-14(7-11)21-25-20-13/h4-5,7,9-10H,6,8H2,1-3H3,(H,18,23)/t9-,10+/m1/s1. The molecule has 0 bridgehead atoms. The van der Waals surface area contributed by atoms with Crippen LogP contribution in [0.2, 0.25) is 0 Å². The zero-order valence-corrected chi connectivity index (χ0v) is 14.3. The van der Waals surface area contributed by atoms with Crippen molar-refractivity contribution >= 4 is 16.9 Å². The van der Waals surface area contributed by atoms with Crippen molar-refractivity contribution in [2.45, 2.75) is 39.0 Å². The van der Waals surface area contributed by atoms with E-state index in [1.165, 1.54) is 0 Å². The lowest BCUT2D eigenvalue weighted by molar-refractivity contribution is -0.00903. The van der Waals surface area contributed by atoms with Gasteiger partial charge in [-0.1, -0.05) is 6.07 Å². The van der Waals surface area contributed by atoms with E-state index in [1.807, 2.05) is 39.1 Å². The molecule has 8 heteroatoms. The third kappa shape index (κ3) is 2.78. The lowest BCUT2D eigenvalue weighted by Gasteiger charge is -2.26. The highest BCUT2D eigenvalue weighted by Crippen LogP contribution is 2.31. The summed E-state index contributed by atoms with van der Waals surface area (Å²) in [7, 11) is 1.84. The molecule has 2 atom stereocenters. The fourth-order valence-electron chi connectivity index (χ4n) is 3.43. The van der Waals surface area contributed by atoms with Crippen LogP contribution in [0.5, 0.6) is 0 Å². The molecule has 2 aromatic heterocycles. The molecular formula is C17H19N5O3. The van der Waals surface area contributed by atoms with Crippen LogP contribution in [0.4, 0.5) is 0 Å². The number of amides is 1. The molecule has 4 rings (SSSR count). The normalized spacial score (nSPS) is 19.8. The van der Waals surface area contributed by atoms with E-state index in [2.05, 4.69) is 25.4 Å². The molecule has 8 nitrogen and oxygen atoms in total. The van der Waals surface area contributed by atoms with E-state index in [0.717, 1.165) is 16.8 Å². The summed E-state index contributed by atoms with van der Waals surface area (Å²) in [5.41, 5.74) is 4.70. The number of benzene rings is 1. The molecule has 0 spiro atoms. The Hall–Kier alpha value is -2.74. The van der Waals surface area contributed by atoms with Crippen LogP contribution < -0.4 is 5.32 Å². The van der Waals surface area contributed by atoms with Crippen LogP contribution in [0.1, 0.15) is 47.3 Å². The molecule has 0 radical (unpaired) electrons. The molecule has 3 heterocycles. The van der Waals surface area contributed by atoms with Crippen molar-refractivity contribution in [2.24, 2.45) is 7.05 Å². The molecule has 1 amide bonds. The Bertz CT molecular complexity index is 945. The molecule has 1 N–H and O–H groups in total. The third-order valence-electron chi connectivity index (χ3n) is 4.49. The summed E-state index contributed by atoms with van der Waals surface area (Å²) >= 11 is 0. The molecule has 0 saturated carbocycles. The number of aromatic nitrogens is 4. The van der Waals surface area contributed by atoms with Gasteiger partial charge in [0.1, 0.15) is 11.0 Å². The van der Waals surface area contributed by atoms with E-state index < -0.39 is 0 Å². The van der Waals surface area contributed by atoms with E-state index in [1.54, 1.807) is 4.68 Å². The molecule has 1 aliphatic rings. The Kier molecular flexibility index (Phi) is 3.76. The zero-order chi connectivity index (χ0) is 17.6. The molecular weight excluding hydrogens is 322 g/mol. The van der Waals surface area contributed by atoms with Crippen molar-refractivity contribution in [3.05, 3.63) is 40.7 Å². The van der Waals surface area contributed by atoms with Crippen LogP contribution in [0, 0.1) is 0 Å². The summed E-state index contributed by atoms with van der Waals surface area (Å²) in [6, 6.07) is 5.55. The van der Waals surface area contributed by atoms with Crippen molar-refractivity contribution in [3.63, 3.8) is 0 Å². The predicted molar refractivity (Wildman–Crippen MR) is 88.8 cm³/mol. The number of carbonyl (C=O) groups excluding carboxylic acids is 1. The first-order valence-electron chi connectivity index (χ1n) is 8.23. The van der Waals surface area contributed by atoms with Crippen LogP contribution in [0.3, 0.4) is 0 Å². The second-order valence-corrected chi connectivity index (χ2v) is 6.40. The summed E-state index contributed by atoms with van der Waals surface area (Å²) < 4.78 is 12.3. The lowest BCUT2D eigenvalue weighted by Crippen LogP contribution is -2.27. The van der Waals surface area contributed by atoms with Gasteiger partial charge in [0.2, 0.25) is 0 Å². The molecule has 1 aromatic carbocycles. The maximum Gasteiger partial charge on any atom is 0.272 e. The minimum absolute atomic E-state index is 0.0696. The van der Waals surface area contributed by atoms with E-state index in [-0.39, 0.29) is 18.1 Å². The minimum atomic E-state index is -0.184. The number of nitrogens with zero attached hydrogens (tertiary/aromatic N) is 4. The highest BCUT2D eigenvalue weighted by molar-refractivity contribution is 5.94. The first-order valence-corrected chi connectivity index (χ1v) is 8.23. The van der Waals surface area contributed by atoms with Crippen molar-refractivity contribution < 1.29 is 14.2 Å². The number of aryl methyl sites for hydroxylation is 1. The average molecular weight is 341 g/mol. The largest absolute Gasteiger partial charge is 0.369 e. The Morgan fingerprint density at radius 1 is 1.32 bits per heavy atom. The van der Waals surface area contributed by atoms with Gasteiger partial charge in [-0.05, 0) is 41.9 Å². The van der Waals surface area contributed by atoms with Crippen LogP contribution in [0.15, 0.2) is 22.8 Å². The number of hydrogen-bond donors (Lipinski definition) is 1. The van der Waals surface area contributed by atoms with Crippen LogP contribution >= 0.6 is 0 Å².